The molecule has 0 fully saturated rings. The van der Waals surface area contributed by atoms with Crippen LogP contribution in [0.4, 0.5) is 0 Å². The van der Waals surface area contributed by atoms with Gasteiger partial charge in [0.05, 0.1) is 31.9 Å². The summed E-state index contributed by atoms with van der Waals surface area (Å²) in [5, 5.41) is 6.30. The lowest BCUT2D eigenvalue weighted by molar-refractivity contribution is -0.143. The monoisotopic (exact) mass is 340 g/mol. The highest BCUT2D eigenvalue weighted by Gasteiger charge is 2.36. The highest BCUT2D eigenvalue weighted by atomic mass is 16.6. The molecule has 0 aromatic rings. The van der Waals surface area contributed by atoms with Gasteiger partial charge in [0.1, 0.15) is 6.61 Å². The molecule has 0 saturated carbocycles. The average Bonchev–Trinajstić information content (AvgIpc) is 2.52. The third kappa shape index (κ3) is 5.90. The van der Waals surface area contributed by atoms with Gasteiger partial charge in [-0.25, -0.2) is 4.79 Å². The third-order valence-corrected chi connectivity index (χ3v) is 3.28. The Balaban J connectivity index is 2.97. The largest absolute Gasteiger partial charge is 0.466 e. The number of ether oxygens (including phenoxy) is 3. The number of methoxy groups -OCH3 is 1. The summed E-state index contributed by atoms with van der Waals surface area (Å²) >= 11 is 0. The summed E-state index contributed by atoms with van der Waals surface area (Å²) in [6.45, 7) is 2.66. The van der Waals surface area contributed by atoms with Gasteiger partial charge in [-0.15, -0.1) is 0 Å². The molecule has 1 aliphatic rings. The van der Waals surface area contributed by atoms with Crippen molar-refractivity contribution in [2.75, 3.05) is 20.3 Å². The second-order valence-corrected chi connectivity index (χ2v) is 5.06. The quantitative estimate of drug-likeness (QED) is 0.237. The Morgan fingerprint density at radius 2 is 2.08 bits per heavy atom. The number of esters is 2. The molecular weight excluding hydrogens is 320 g/mol. The molecule has 1 aliphatic carbocycles. The van der Waals surface area contributed by atoms with Crippen LogP contribution in [0.15, 0.2) is 16.8 Å². The molecule has 3 atom stereocenters. The Bertz CT molecular complexity index is 570. The van der Waals surface area contributed by atoms with E-state index in [-0.39, 0.29) is 31.1 Å². The first-order chi connectivity index (χ1) is 11.4. The number of amides is 1. The van der Waals surface area contributed by atoms with Gasteiger partial charge in [-0.2, -0.15) is 0 Å². The molecule has 1 rings (SSSR count). The summed E-state index contributed by atoms with van der Waals surface area (Å²) in [7, 11) is 1.24. The van der Waals surface area contributed by atoms with Gasteiger partial charge in [0, 0.05) is 24.3 Å². The van der Waals surface area contributed by atoms with Gasteiger partial charge in [-0.05, 0) is 18.0 Å². The van der Waals surface area contributed by atoms with Crippen molar-refractivity contribution in [1.82, 2.24) is 5.32 Å². The zero-order chi connectivity index (χ0) is 18.1. The van der Waals surface area contributed by atoms with Crippen LogP contribution in [-0.2, 0) is 28.6 Å². The fourth-order valence-electron chi connectivity index (χ4n) is 2.34. The number of azide groups is 1. The summed E-state index contributed by atoms with van der Waals surface area (Å²) in [5.41, 5.74) is 9.01. The fraction of sp³-hybridized carbons (Fsp3) is 0.643. The summed E-state index contributed by atoms with van der Waals surface area (Å²) in [5.74, 6) is -1.34. The van der Waals surface area contributed by atoms with E-state index < -0.39 is 30.1 Å². The average molecular weight is 340 g/mol. The van der Waals surface area contributed by atoms with Gasteiger partial charge in [0.25, 0.3) is 0 Å². The van der Waals surface area contributed by atoms with Gasteiger partial charge < -0.3 is 19.5 Å². The van der Waals surface area contributed by atoms with Crippen molar-refractivity contribution >= 4 is 17.8 Å². The van der Waals surface area contributed by atoms with Gasteiger partial charge in [-0.3, -0.25) is 9.59 Å². The zero-order valence-electron chi connectivity index (χ0n) is 13.7. The first kappa shape index (κ1) is 19.5. The van der Waals surface area contributed by atoms with E-state index >= 15 is 0 Å². The number of hydrogen-bond acceptors (Lipinski definition) is 7. The second-order valence-electron chi connectivity index (χ2n) is 5.06. The minimum absolute atomic E-state index is 0.0200. The van der Waals surface area contributed by atoms with Crippen LogP contribution in [0.25, 0.3) is 10.4 Å². The molecule has 0 bridgehead atoms. The van der Waals surface area contributed by atoms with E-state index in [0.717, 1.165) is 0 Å². The van der Waals surface area contributed by atoms with E-state index in [1.807, 2.05) is 0 Å². The van der Waals surface area contributed by atoms with Gasteiger partial charge in [-0.1, -0.05) is 5.11 Å². The minimum atomic E-state index is -0.734. The smallest absolute Gasteiger partial charge is 0.333 e. The molecule has 10 nitrogen and oxygen atoms in total. The number of nitrogens with zero attached hydrogens (tertiary/aromatic N) is 3. The summed E-state index contributed by atoms with van der Waals surface area (Å²) in [4.78, 5) is 36.7. The lowest BCUT2D eigenvalue weighted by atomic mass is 9.88. The van der Waals surface area contributed by atoms with Crippen LogP contribution in [0.1, 0.15) is 20.3 Å². The van der Waals surface area contributed by atoms with Crippen molar-refractivity contribution in [3.63, 3.8) is 0 Å². The van der Waals surface area contributed by atoms with Crippen molar-refractivity contribution in [2.24, 2.45) is 5.11 Å². The number of carbonyl (C=O) groups excluding carboxylic acids is 3. The van der Waals surface area contributed by atoms with Crippen LogP contribution in [0.2, 0.25) is 0 Å². The van der Waals surface area contributed by atoms with Crippen molar-refractivity contribution in [2.45, 2.75) is 38.5 Å². The maximum atomic E-state index is 11.8. The van der Waals surface area contributed by atoms with Crippen LogP contribution >= 0.6 is 0 Å². The Morgan fingerprint density at radius 3 is 2.62 bits per heavy atom. The first-order valence-electron chi connectivity index (χ1n) is 7.24. The predicted molar refractivity (Wildman–Crippen MR) is 81.6 cm³/mol. The van der Waals surface area contributed by atoms with E-state index in [0.29, 0.717) is 0 Å². The van der Waals surface area contributed by atoms with E-state index in [1.54, 1.807) is 0 Å². The number of rotatable bonds is 7. The zero-order valence-corrected chi connectivity index (χ0v) is 13.7. The molecule has 0 spiro atoms. The molecule has 0 aliphatic heterocycles. The molecular formula is C14H20N4O6. The molecule has 0 aromatic carbocycles. The minimum Gasteiger partial charge on any atom is -0.466 e. The molecule has 1 N–H and O–H groups in total. The molecule has 0 radical (unpaired) electrons. The molecule has 1 amide bonds. The summed E-state index contributed by atoms with van der Waals surface area (Å²) < 4.78 is 15.0. The number of nitrogens with one attached hydrogen (secondary N) is 1. The molecule has 0 aromatic heterocycles. The maximum Gasteiger partial charge on any atom is 0.333 e. The highest BCUT2D eigenvalue weighted by molar-refractivity contribution is 5.89. The van der Waals surface area contributed by atoms with Crippen LogP contribution < -0.4 is 5.32 Å². The number of hydrogen-bond donors (Lipinski definition) is 1. The topological polar surface area (TPSA) is 140 Å². The van der Waals surface area contributed by atoms with Crippen molar-refractivity contribution in [1.29, 1.82) is 0 Å². The second kappa shape index (κ2) is 9.53. The van der Waals surface area contributed by atoms with Crippen LogP contribution in [0, 0.1) is 0 Å². The Labute approximate surface area is 138 Å². The van der Waals surface area contributed by atoms with Gasteiger partial charge in [0.15, 0.2) is 0 Å². The van der Waals surface area contributed by atoms with Crippen LogP contribution in [-0.4, -0.2) is 56.4 Å². The molecule has 24 heavy (non-hydrogen) atoms. The Morgan fingerprint density at radius 1 is 1.38 bits per heavy atom. The normalized spacial score (nSPS) is 22.6. The molecule has 10 heteroatoms. The SMILES string of the molecule is COC(=O)C1=C[C@@H](OCCOC(C)=O)[C@H](NC(C)=O)[C@@H](N=[N+]=[N-])C1. The molecule has 0 heterocycles. The first-order valence-corrected chi connectivity index (χ1v) is 7.24. The molecule has 132 valence electrons. The van der Waals surface area contributed by atoms with Crippen molar-refractivity contribution in [3.05, 3.63) is 22.1 Å². The maximum absolute atomic E-state index is 11.8. The van der Waals surface area contributed by atoms with Crippen molar-refractivity contribution < 1.29 is 28.6 Å². The lowest BCUT2D eigenvalue weighted by Crippen LogP contribution is -2.52. The molecule has 0 saturated heterocycles. The van der Waals surface area contributed by atoms with E-state index in [2.05, 4.69) is 20.1 Å². The lowest BCUT2D eigenvalue weighted by Gasteiger charge is -2.34. The summed E-state index contributed by atoms with van der Waals surface area (Å²) in [6.07, 6.45) is 0.901. The van der Waals surface area contributed by atoms with E-state index in [1.165, 1.54) is 27.0 Å². The van der Waals surface area contributed by atoms with E-state index in [4.69, 9.17) is 15.0 Å². The summed E-state index contributed by atoms with van der Waals surface area (Å²) in [6, 6.07) is -1.36. The number of carbonyl (C=O) groups is 3. The molecule has 0 unspecified atom stereocenters. The standard InChI is InChI=1S/C14H20N4O6/c1-8(19)16-13-11(17-18-15)6-10(14(21)22-3)7-12(13)24-5-4-23-9(2)20/h7,11-13H,4-6H2,1-3H3,(H,16,19)/t11-,12+,13+/m0/s1. The highest BCUT2D eigenvalue weighted by Crippen LogP contribution is 2.25. The van der Waals surface area contributed by atoms with Gasteiger partial charge in [0.2, 0.25) is 5.91 Å². The Hall–Kier alpha value is -2.58. The fourth-order valence-corrected chi connectivity index (χ4v) is 2.34. The predicted octanol–water partition coefficient (Wildman–Crippen LogP) is 0.621. The Kier molecular flexibility index (Phi) is 7.73. The van der Waals surface area contributed by atoms with Crippen molar-refractivity contribution in [3.8, 4) is 0 Å². The third-order valence-electron chi connectivity index (χ3n) is 3.28. The van der Waals surface area contributed by atoms with Crippen LogP contribution in [0.3, 0.4) is 0 Å². The van der Waals surface area contributed by atoms with Gasteiger partial charge >= 0.3 is 11.9 Å². The van der Waals surface area contributed by atoms with Crippen LogP contribution in [0.5, 0.6) is 0 Å². The van der Waals surface area contributed by atoms with E-state index in [9.17, 15) is 14.4 Å².